The highest BCUT2D eigenvalue weighted by atomic mass is 32.1. The number of thiazole rings is 1. The van der Waals surface area contributed by atoms with Crippen LogP contribution in [-0.2, 0) is 11.2 Å². The number of ether oxygens (including phenoxy) is 1. The molecule has 1 N–H and O–H groups in total. The van der Waals surface area contributed by atoms with Crippen LogP contribution in [0.5, 0.6) is 5.75 Å². The van der Waals surface area contributed by atoms with E-state index in [1.165, 1.54) is 11.3 Å². The summed E-state index contributed by atoms with van der Waals surface area (Å²) < 4.78 is 5.10. The lowest BCUT2D eigenvalue weighted by molar-refractivity contribution is -0.115. The first kappa shape index (κ1) is 12.6. The molecule has 0 radical (unpaired) electrons. The van der Waals surface area contributed by atoms with E-state index in [9.17, 15) is 4.79 Å². The van der Waals surface area contributed by atoms with Gasteiger partial charge in [0.15, 0.2) is 0 Å². The van der Waals surface area contributed by atoms with Crippen molar-refractivity contribution in [3.8, 4) is 5.75 Å². The zero-order chi connectivity index (χ0) is 13.0. The lowest BCUT2D eigenvalue weighted by atomic mass is 10.3. The SMILES string of the molecule is COc1cccc(NC(=O)Cc2nc(C)cs2)c1. The van der Waals surface area contributed by atoms with E-state index in [0.29, 0.717) is 6.42 Å². The largest absolute Gasteiger partial charge is 0.497 e. The van der Waals surface area contributed by atoms with Crippen molar-refractivity contribution in [2.75, 3.05) is 12.4 Å². The Hall–Kier alpha value is -1.88. The van der Waals surface area contributed by atoms with Crippen LogP contribution in [0.25, 0.3) is 0 Å². The van der Waals surface area contributed by atoms with Crippen molar-refractivity contribution in [2.45, 2.75) is 13.3 Å². The van der Waals surface area contributed by atoms with Crippen LogP contribution in [0, 0.1) is 6.92 Å². The maximum absolute atomic E-state index is 11.8. The number of carbonyl (C=O) groups is 1. The zero-order valence-electron chi connectivity index (χ0n) is 10.3. The van der Waals surface area contributed by atoms with Gasteiger partial charge in [-0.25, -0.2) is 4.98 Å². The molecule has 1 aromatic carbocycles. The molecule has 5 heteroatoms. The smallest absolute Gasteiger partial charge is 0.231 e. The number of aromatic nitrogens is 1. The Morgan fingerprint density at radius 1 is 1.50 bits per heavy atom. The van der Waals surface area contributed by atoms with E-state index in [0.717, 1.165) is 22.1 Å². The Morgan fingerprint density at radius 3 is 3.00 bits per heavy atom. The van der Waals surface area contributed by atoms with Gasteiger partial charge in [-0.3, -0.25) is 4.79 Å². The molecule has 0 unspecified atom stereocenters. The number of nitrogens with one attached hydrogen (secondary N) is 1. The van der Waals surface area contributed by atoms with Gasteiger partial charge in [-0.1, -0.05) is 6.07 Å². The topological polar surface area (TPSA) is 51.2 Å². The highest BCUT2D eigenvalue weighted by Crippen LogP contribution is 2.17. The highest BCUT2D eigenvalue weighted by Gasteiger charge is 2.07. The van der Waals surface area contributed by atoms with Gasteiger partial charge in [0.05, 0.1) is 13.5 Å². The van der Waals surface area contributed by atoms with Crippen molar-refractivity contribution in [3.05, 3.63) is 40.3 Å². The number of methoxy groups -OCH3 is 1. The van der Waals surface area contributed by atoms with Crippen LogP contribution in [0.2, 0.25) is 0 Å². The van der Waals surface area contributed by atoms with Gasteiger partial charge in [-0.2, -0.15) is 0 Å². The third-order valence-electron chi connectivity index (χ3n) is 2.33. The molecule has 0 aliphatic carbocycles. The molecular weight excluding hydrogens is 248 g/mol. The van der Waals surface area contributed by atoms with Crippen LogP contribution < -0.4 is 10.1 Å². The van der Waals surface area contributed by atoms with Gasteiger partial charge < -0.3 is 10.1 Å². The molecule has 0 spiro atoms. The van der Waals surface area contributed by atoms with Crippen molar-refractivity contribution in [1.82, 2.24) is 4.98 Å². The van der Waals surface area contributed by atoms with E-state index in [4.69, 9.17) is 4.74 Å². The van der Waals surface area contributed by atoms with Gasteiger partial charge in [-0.05, 0) is 19.1 Å². The van der Waals surface area contributed by atoms with Gasteiger partial charge in [-0.15, -0.1) is 11.3 Å². The minimum atomic E-state index is -0.0717. The predicted octanol–water partition coefficient (Wildman–Crippen LogP) is 2.64. The number of anilines is 1. The molecular formula is C13H14N2O2S. The number of aryl methyl sites for hydroxylation is 1. The summed E-state index contributed by atoms with van der Waals surface area (Å²) in [5, 5.41) is 5.59. The van der Waals surface area contributed by atoms with Crippen LogP contribution in [-0.4, -0.2) is 18.0 Å². The first-order chi connectivity index (χ1) is 8.67. The third kappa shape index (κ3) is 3.30. The number of nitrogens with zero attached hydrogens (tertiary/aromatic N) is 1. The van der Waals surface area contributed by atoms with Crippen molar-refractivity contribution in [3.63, 3.8) is 0 Å². The number of carbonyl (C=O) groups excluding carboxylic acids is 1. The molecule has 0 fully saturated rings. The molecule has 0 atom stereocenters. The summed E-state index contributed by atoms with van der Waals surface area (Å²) in [6.45, 7) is 1.92. The Bertz CT molecular complexity index is 551. The monoisotopic (exact) mass is 262 g/mol. The summed E-state index contributed by atoms with van der Waals surface area (Å²) in [5.41, 5.74) is 1.68. The molecule has 18 heavy (non-hydrogen) atoms. The molecule has 1 aromatic heterocycles. The fourth-order valence-electron chi connectivity index (χ4n) is 1.53. The Morgan fingerprint density at radius 2 is 2.33 bits per heavy atom. The van der Waals surface area contributed by atoms with Crippen molar-refractivity contribution < 1.29 is 9.53 Å². The number of hydrogen-bond donors (Lipinski definition) is 1. The lowest BCUT2D eigenvalue weighted by Crippen LogP contribution is -2.14. The molecule has 2 rings (SSSR count). The van der Waals surface area contributed by atoms with E-state index in [-0.39, 0.29) is 5.91 Å². The van der Waals surface area contributed by atoms with Crippen LogP contribution in [0.4, 0.5) is 5.69 Å². The fourth-order valence-corrected chi connectivity index (χ4v) is 2.30. The summed E-state index contributed by atoms with van der Waals surface area (Å²) in [6.07, 6.45) is 0.301. The normalized spacial score (nSPS) is 10.1. The van der Waals surface area contributed by atoms with Gasteiger partial charge >= 0.3 is 0 Å². The quantitative estimate of drug-likeness (QED) is 0.921. The molecule has 0 aliphatic heterocycles. The van der Waals surface area contributed by atoms with E-state index >= 15 is 0 Å². The molecule has 0 saturated heterocycles. The van der Waals surface area contributed by atoms with Gasteiger partial charge in [0.1, 0.15) is 10.8 Å². The van der Waals surface area contributed by atoms with E-state index in [1.807, 2.05) is 30.5 Å². The second-order valence-corrected chi connectivity index (χ2v) is 4.78. The number of benzene rings is 1. The van der Waals surface area contributed by atoms with E-state index in [1.54, 1.807) is 13.2 Å². The van der Waals surface area contributed by atoms with Crippen LogP contribution in [0.3, 0.4) is 0 Å². The molecule has 94 valence electrons. The standard InChI is InChI=1S/C13H14N2O2S/c1-9-8-18-13(14-9)7-12(16)15-10-4-3-5-11(6-10)17-2/h3-6,8H,7H2,1-2H3,(H,15,16). The van der Waals surface area contributed by atoms with Gasteiger partial charge in [0.25, 0.3) is 0 Å². The second-order valence-electron chi connectivity index (χ2n) is 3.84. The fraction of sp³-hybridized carbons (Fsp3) is 0.231. The summed E-state index contributed by atoms with van der Waals surface area (Å²) in [4.78, 5) is 16.1. The Kier molecular flexibility index (Phi) is 3.94. The number of hydrogen-bond acceptors (Lipinski definition) is 4. The van der Waals surface area contributed by atoms with Crippen molar-refractivity contribution in [2.24, 2.45) is 0 Å². The summed E-state index contributed by atoms with van der Waals surface area (Å²) in [5.74, 6) is 0.649. The zero-order valence-corrected chi connectivity index (χ0v) is 11.1. The summed E-state index contributed by atoms with van der Waals surface area (Å²) in [6, 6.07) is 7.28. The van der Waals surface area contributed by atoms with Gasteiger partial charge in [0, 0.05) is 22.8 Å². The minimum absolute atomic E-state index is 0.0717. The molecule has 4 nitrogen and oxygen atoms in total. The van der Waals surface area contributed by atoms with E-state index < -0.39 is 0 Å². The predicted molar refractivity (Wildman–Crippen MR) is 72.2 cm³/mol. The van der Waals surface area contributed by atoms with Crippen molar-refractivity contribution >= 4 is 22.9 Å². The molecule has 1 amide bonds. The van der Waals surface area contributed by atoms with Crippen molar-refractivity contribution in [1.29, 1.82) is 0 Å². The first-order valence-corrected chi connectivity index (χ1v) is 6.40. The average molecular weight is 262 g/mol. The Balaban J connectivity index is 1.98. The number of amides is 1. The molecule has 0 aliphatic rings. The maximum Gasteiger partial charge on any atom is 0.231 e. The van der Waals surface area contributed by atoms with Crippen LogP contribution >= 0.6 is 11.3 Å². The average Bonchev–Trinajstić information content (AvgIpc) is 2.74. The van der Waals surface area contributed by atoms with Crippen LogP contribution in [0.1, 0.15) is 10.7 Å². The molecule has 2 aromatic rings. The Labute approximate surface area is 110 Å². The third-order valence-corrected chi connectivity index (χ3v) is 3.30. The maximum atomic E-state index is 11.8. The minimum Gasteiger partial charge on any atom is -0.497 e. The van der Waals surface area contributed by atoms with Crippen LogP contribution in [0.15, 0.2) is 29.6 Å². The summed E-state index contributed by atoms with van der Waals surface area (Å²) in [7, 11) is 1.60. The number of rotatable bonds is 4. The lowest BCUT2D eigenvalue weighted by Gasteiger charge is -2.05. The summed E-state index contributed by atoms with van der Waals surface area (Å²) >= 11 is 1.50. The molecule has 1 heterocycles. The highest BCUT2D eigenvalue weighted by molar-refractivity contribution is 7.09. The molecule has 0 bridgehead atoms. The first-order valence-electron chi connectivity index (χ1n) is 5.52. The van der Waals surface area contributed by atoms with E-state index in [2.05, 4.69) is 10.3 Å². The van der Waals surface area contributed by atoms with Gasteiger partial charge in [0.2, 0.25) is 5.91 Å². The molecule has 0 saturated carbocycles. The second kappa shape index (κ2) is 5.64.